The molecule has 5 heteroatoms. The number of pyridine rings is 2. The third-order valence-electron chi connectivity index (χ3n) is 5.67. The van der Waals surface area contributed by atoms with Crippen LogP contribution in [0.25, 0.3) is 22.3 Å². The van der Waals surface area contributed by atoms with Gasteiger partial charge in [-0.25, -0.2) is 16.1 Å². The minimum Gasteiger partial charge on any atom is -0.460 e. The molecule has 5 aromatic rings. The Hall–Kier alpha value is -3.49. The summed E-state index contributed by atoms with van der Waals surface area (Å²) in [6.45, 7) is 0.0457. The van der Waals surface area contributed by atoms with Gasteiger partial charge in [-0.05, 0) is 18.2 Å². The number of rotatable bonds is 4. The second-order valence-corrected chi connectivity index (χ2v) is 7.60. The number of hydrogen-bond acceptors (Lipinski definition) is 3. The Morgan fingerprint density at radius 3 is 2.45 bits per heavy atom. The summed E-state index contributed by atoms with van der Waals surface area (Å²) in [4.78, 5) is 8.81. The molecule has 0 spiro atoms. The van der Waals surface area contributed by atoms with E-state index < -0.39 is 0 Å². The fraction of sp³-hybridized carbons (Fsp3) is 0. The van der Waals surface area contributed by atoms with Crippen LogP contribution in [0.3, 0.4) is 0 Å². The number of hydrogen-bond donors (Lipinski definition) is 0. The van der Waals surface area contributed by atoms with E-state index >= 15 is 0 Å². The monoisotopic (exact) mass is 604 g/mol. The van der Waals surface area contributed by atoms with Crippen molar-refractivity contribution >= 4 is 23.2 Å². The molecule has 6 rings (SSSR count). The molecule has 0 fully saturated rings. The Kier molecular flexibility index (Phi) is 5.60. The van der Waals surface area contributed by atoms with Gasteiger partial charge >= 0.3 is 21.1 Å². The van der Waals surface area contributed by atoms with E-state index in [1.165, 1.54) is 22.8 Å². The number of ether oxygens (including phenoxy) is 1. The maximum Gasteiger partial charge on any atom is 2.00 e. The van der Waals surface area contributed by atoms with Crippen molar-refractivity contribution in [2.75, 3.05) is 0 Å². The van der Waals surface area contributed by atoms with Gasteiger partial charge < -0.3 is 4.74 Å². The minimum atomic E-state index is 0. The Morgan fingerprint density at radius 2 is 1.61 bits per heavy atom. The molecule has 33 heavy (non-hydrogen) atoms. The van der Waals surface area contributed by atoms with Crippen molar-refractivity contribution < 1.29 is 27.2 Å². The topological polar surface area (TPSA) is 35.0 Å². The molecule has 0 saturated carbocycles. The molecule has 1 aliphatic rings. The van der Waals surface area contributed by atoms with E-state index in [1.54, 1.807) is 12.1 Å². The Bertz CT molecular complexity index is 1460. The minimum absolute atomic E-state index is 0. The number of aromatic nitrogens is 2. The summed E-state index contributed by atoms with van der Waals surface area (Å²) in [5.41, 5.74) is 7.66. The van der Waals surface area contributed by atoms with E-state index in [0.29, 0.717) is 17.7 Å². The standard InChI is InChI=1S/C28H17BN2O.Pt/c1-2-11-25-23(10-1)24-15-14-21(19-26(24)29(25)27-12-3-5-16-30-27)20-8-7-9-22(18-20)32-28-13-4-6-17-31-28;/h1-17H;/q-2;+2/i6D;. The van der Waals surface area contributed by atoms with Crippen molar-refractivity contribution in [2.24, 2.45) is 0 Å². The van der Waals surface area contributed by atoms with Crippen LogP contribution >= 0.6 is 0 Å². The summed E-state index contributed by atoms with van der Waals surface area (Å²) in [7, 11) is 0. The van der Waals surface area contributed by atoms with Crippen molar-refractivity contribution in [3.05, 3.63) is 115 Å². The quantitative estimate of drug-likeness (QED) is 0.225. The SMILES string of the molecule is [2H]c1ccc(Oc2[c-]c(-c3[c-]c4c(cc3)-c3ccccc3B4c3ccccn3)ccc2)nc1.[Pt+2]. The molecule has 0 N–H and O–H groups in total. The summed E-state index contributed by atoms with van der Waals surface area (Å²) in [6.07, 6.45) is 3.30. The largest absolute Gasteiger partial charge is 2.00 e. The molecule has 0 bridgehead atoms. The molecule has 0 atom stereocenters. The normalized spacial score (nSPS) is 11.8. The van der Waals surface area contributed by atoms with E-state index in [1.807, 2.05) is 36.5 Å². The smallest absolute Gasteiger partial charge is 0.460 e. The first-order valence-corrected chi connectivity index (χ1v) is 10.5. The molecule has 3 heterocycles. The van der Waals surface area contributed by atoms with Crippen molar-refractivity contribution in [1.82, 2.24) is 9.97 Å². The predicted molar refractivity (Wildman–Crippen MR) is 128 cm³/mol. The molecule has 0 amide bonds. The van der Waals surface area contributed by atoms with Crippen LogP contribution in [0.5, 0.6) is 11.6 Å². The average molecular weight is 604 g/mol. The second-order valence-electron chi connectivity index (χ2n) is 7.60. The van der Waals surface area contributed by atoms with Crippen LogP contribution in [0.4, 0.5) is 0 Å². The first kappa shape index (κ1) is 20.1. The van der Waals surface area contributed by atoms with Crippen LogP contribution < -0.4 is 21.3 Å². The third kappa shape index (κ3) is 4.03. The van der Waals surface area contributed by atoms with Crippen molar-refractivity contribution in [3.63, 3.8) is 0 Å². The van der Waals surface area contributed by atoms with E-state index in [4.69, 9.17) is 6.11 Å². The Labute approximate surface area is 209 Å². The van der Waals surface area contributed by atoms with Gasteiger partial charge in [0.25, 0.3) is 0 Å². The van der Waals surface area contributed by atoms with Gasteiger partial charge in [-0.15, -0.1) is 23.8 Å². The molecular weight excluding hydrogens is 586 g/mol. The molecule has 0 radical (unpaired) electrons. The van der Waals surface area contributed by atoms with Crippen molar-refractivity contribution in [2.45, 2.75) is 0 Å². The van der Waals surface area contributed by atoms with Gasteiger partial charge in [0.2, 0.25) is 12.6 Å². The Balaban J connectivity index is 0.00000241. The molecule has 3 aromatic carbocycles. The van der Waals surface area contributed by atoms with Crippen LogP contribution in [0.15, 0.2) is 103 Å². The van der Waals surface area contributed by atoms with Gasteiger partial charge in [0.1, 0.15) is 0 Å². The Morgan fingerprint density at radius 1 is 0.727 bits per heavy atom. The van der Waals surface area contributed by atoms with Gasteiger partial charge in [-0.3, -0.25) is 4.98 Å². The molecule has 158 valence electrons. The summed E-state index contributed by atoms with van der Waals surface area (Å²) < 4.78 is 13.4. The van der Waals surface area contributed by atoms with E-state index in [9.17, 15) is 0 Å². The third-order valence-corrected chi connectivity index (χ3v) is 5.67. The van der Waals surface area contributed by atoms with Gasteiger partial charge in [-0.1, -0.05) is 47.4 Å². The van der Waals surface area contributed by atoms with Crippen LogP contribution in [-0.2, 0) is 21.1 Å². The molecule has 0 saturated heterocycles. The number of fused-ring (bicyclic) bond motifs is 3. The first-order chi connectivity index (χ1) is 16.3. The molecular formula is C28H17BN2OPt. The van der Waals surface area contributed by atoms with Crippen molar-refractivity contribution in [1.29, 1.82) is 0 Å². The first-order valence-electron chi connectivity index (χ1n) is 11.0. The van der Waals surface area contributed by atoms with Gasteiger partial charge in [0, 0.05) is 29.8 Å². The fourth-order valence-corrected chi connectivity index (χ4v) is 4.28. The second kappa shape index (κ2) is 9.17. The van der Waals surface area contributed by atoms with E-state index in [0.717, 1.165) is 22.2 Å². The zero-order chi connectivity index (χ0) is 22.2. The molecule has 0 unspecified atom stereocenters. The molecule has 3 nitrogen and oxygen atoms in total. The van der Waals surface area contributed by atoms with Crippen LogP contribution in [0.2, 0.25) is 0 Å². The van der Waals surface area contributed by atoms with E-state index in [-0.39, 0.29) is 27.8 Å². The van der Waals surface area contributed by atoms with Crippen molar-refractivity contribution in [3.8, 4) is 33.9 Å². The summed E-state index contributed by atoms with van der Waals surface area (Å²) in [5, 5.41) is 0. The van der Waals surface area contributed by atoms with Gasteiger partial charge in [0.15, 0.2) is 0 Å². The van der Waals surface area contributed by atoms with Crippen LogP contribution in [-0.4, -0.2) is 16.7 Å². The number of benzene rings is 3. The van der Waals surface area contributed by atoms with Gasteiger partial charge in [0.05, 0.1) is 1.37 Å². The maximum absolute atomic E-state index is 7.57. The fourth-order valence-electron chi connectivity index (χ4n) is 4.28. The molecule has 2 aromatic heterocycles. The molecule has 0 aliphatic carbocycles. The van der Waals surface area contributed by atoms with E-state index in [2.05, 4.69) is 64.6 Å². The maximum atomic E-state index is 7.57. The predicted octanol–water partition coefficient (Wildman–Crippen LogP) is 4.03. The van der Waals surface area contributed by atoms with Crippen LogP contribution in [0.1, 0.15) is 1.37 Å². The number of nitrogens with zero attached hydrogens (tertiary/aromatic N) is 2. The molecule has 1 aliphatic heterocycles. The zero-order valence-electron chi connectivity index (χ0n) is 18.4. The summed E-state index contributed by atoms with van der Waals surface area (Å²) in [6, 6.07) is 35.3. The average Bonchev–Trinajstić information content (AvgIpc) is 3.20. The van der Waals surface area contributed by atoms with Gasteiger partial charge in [-0.2, -0.15) is 29.7 Å². The van der Waals surface area contributed by atoms with Crippen LogP contribution in [0, 0.1) is 12.1 Å². The summed E-state index contributed by atoms with van der Waals surface area (Å²) >= 11 is 0. The zero-order valence-corrected chi connectivity index (χ0v) is 19.7. The summed E-state index contributed by atoms with van der Waals surface area (Å²) in [5.74, 6) is 0.999.